The van der Waals surface area contributed by atoms with E-state index in [0.717, 1.165) is 17.9 Å². The molecule has 0 radical (unpaired) electrons. The Morgan fingerprint density at radius 2 is 2.14 bits per heavy atom. The molecular formula is C17H18ClN3O. The third kappa shape index (κ3) is 3.98. The molecule has 0 saturated heterocycles. The number of carbonyl (C=O) groups excluding carboxylic acids is 1. The molecule has 4 nitrogen and oxygen atoms in total. The molecule has 0 spiro atoms. The van der Waals surface area contributed by atoms with Crippen LogP contribution < -0.4 is 5.32 Å². The van der Waals surface area contributed by atoms with E-state index >= 15 is 0 Å². The van der Waals surface area contributed by atoms with Crippen molar-refractivity contribution in [1.82, 2.24) is 14.9 Å². The quantitative estimate of drug-likeness (QED) is 0.832. The molecule has 3 rings (SSSR count). The minimum Gasteiger partial charge on any atom is -0.351 e. The summed E-state index contributed by atoms with van der Waals surface area (Å²) in [5.74, 6) is 1.67. The van der Waals surface area contributed by atoms with Crippen molar-refractivity contribution < 1.29 is 4.79 Å². The fourth-order valence-corrected chi connectivity index (χ4v) is 2.44. The number of benzene rings is 1. The van der Waals surface area contributed by atoms with E-state index in [9.17, 15) is 4.79 Å². The van der Waals surface area contributed by atoms with Crippen molar-refractivity contribution in [2.75, 3.05) is 6.54 Å². The Morgan fingerprint density at radius 1 is 1.36 bits per heavy atom. The molecule has 1 heterocycles. The summed E-state index contributed by atoms with van der Waals surface area (Å²) >= 11 is 5.82. The molecule has 5 heteroatoms. The lowest BCUT2D eigenvalue weighted by Gasteiger charge is -2.07. The van der Waals surface area contributed by atoms with Gasteiger partial charge < -0.3 is 9.88 Å². The van der Waals surface area contributed by atoms with Crippen LogP contribution in [-0.4, -0.2) is 22.0 Å². The first-order valence-corrected chi connectivity index (χ1v) is 7.83. The molecule has 1 fully saturated rings. The predicted octanol–water partition coefficient (Wildman–Crippen LogP) is 3.24. The minimum absolute atomic E-state index is 0.0944. The van der Waals surface area contributed by atoms with Crippen LogP contribution in [0.1, 0.15) is 30.1 Å². The third-order valence-electron chi connectivity index (χ3n) is 3.64. The maximum Gasteiger partial charge on any atom is 0.244 e. The van der Waals surface area contributed by atoms with Crippen molar-refractivity contribution in [2.45, 2.75) is 25.3 Å². The van der Waals surface area contributed by atoms with Crippen LogP contribution in [0.2, 0.25) is 5.02 Å². The average molecular weight is 316 g/mol. The van der Waals surface area contributed by atoms with Gasteiger partial charge in [-0.2, -0.15) is 0 Å². The van der Waals surface area contributed by atoms with Crippen molar-refractivity contribution in [3.8, 4) is 0 Å². The van der Waals surface area contributed by atoms with Crippen molar-refractivity contribution in [1.29, 1.82) is 0 Å². The highest BCUT2D eigenvalue weighted by Crippen LogP contribution is 2.38. The first-order valence-electron chi connectivity index (χ1n) is 7.45. The van der Waals surface area contributed by atoms with E-state index in [0.29, 0.717) is 17.5 Å². The molecule has 1 aromatic carbocycles. The van der Waals surface area contributed by atoms with Crippen LogP contribution in [0.4, 0.5) is 0 Å². The van der Waals surface area contributed by atoms with E-state index in [4.69, 9.17) is 11.6 Å². The van der Waals surface area contributed by atoms with E-state index in [2.05, 4.69) is 14.9 Å². The van der Waals surface area contributed by atoms with Crippen LogP contribution in [0, 0.1) is 0 Å². The van der Waals surface area contributed by atoms with Gasteiger partial charge in [-0.15, -0.1) is 0 Å². The SMILES string of the molecule is O=C(/C=C/c1ccc(Cl)cc1)NCCn1ccnc1C1CC1. The number of amides is 1. The van der Waals surface area contributed by atoms with Crippen molar-refractivity contribution in [3.05, 3.63) is 59.1 Å². The number of hydrogen-bond acceptors (Lipinski definition) is 2. The summed E-state index contributed by atoms with van der Waals surface area (Å²) in [5.41, 5.74) is 0.949. The van der Waals surface area contributed by atoms with Gasteiger partial charge in [-0.3, -0.25) is 4.79 Å². The third-order valence-corrected chi connectivity index (χ3v) is 3.89. The van der Waals surface area contributed by atoms with E-state index < -0.39 is 0 Å². The molecule has 0 bridgehead atoms. The number of aromatic nitrogens is 2. The Hall–Kier alpha value is -2.07. The van der Waals surface area contributed by atoms with Gasteiger partial charge in [0.25, 0.3) is 0 Å². The van der Waals surface area contributed by atoms with Crippen molar-refractivity contribution >= 4 is 23.6 Å². The van der Waals surface area contributed by atoms with E-state index in [1.54, 1.807) is 24.3 Å². The van der Waals surface area contributed by atoms with Crippen LogP contribution in [-0.2, 0) is 11.3 Å². The van der Waals surface area contributed by atoms with Crippen molar-refractivity contribution in [2.24, 2.45) is 0 Å². The molecule has 1 aliphatic rings. The summed E-state index contributed by atoms with van der Waals surface area (Å²) in [6, 6.07) is 7.36. The molecule has 1 saturated carbocycles. The van der Waals surface area contributed by atoms with Gasteiger partial charge in [0.05, 0.1) is 0 Å². The number of imidazole rings is 1. The molecule has 1 aromatic heterocycles. The zero-order valence-electron chi connectivity index (χ0n) is 12.2. The number of rotatable bonds is 6. The van der Waals surface area contributed by atoms with Gasteiger partial charge >= 0.3 is 0 Å². The summed E-state index contributed by atoms with van der Waals surface area (Å²) < 4.78 is 2.13. The number of nitrogens with zero attached hydrogens (tertiary/aromatic N) is 2. The van der Waals surface area contributed by atoms with Crippen LogP contribution in [0.15, 0.2) is 42.7 Å². The highest BCUT2D eigenvalue weighted by Gasteiger charge is 2.27. The lowest BCUT2D eigenvalue weighted by atomic mass is 10.2. The van der Waals surface area contributed by atoms with Gasteiger partial charge in [0, 0.05) is 42.5 Å². The van der Waals surface area contributed by atoms with Gasteiger partial charge in [0.15, 0.2) is 0 Å². The molecule has 1 aliphatic carbocycles. The second-order valence-electron chi connectivity index (χ2n) is 5.43. The molecule has 0 aliphatic heterocycles. The van der Waals surface area contributed by atoms with Gasteiger partial charge in [-0.25, -0.2) is 4.98 Å². The Morgan fingerprint density at radius 3 is 2.86 bits per heavy atom. The predicted molar refractivity (Wildman–Crippen MR) is 87.7 cm³/mol. The first-order chi connectivity index (χ1) is 10.7. The molecule has 114 valence electrons. The summed E-state index contributed by atoms with van der Waals surface area (Å²) in [6.07, 6.45) is 9.58. The zero-order valence-corrected chi connectivity index (χ0v) is 13.0. The maximum absolute atomic E-state index is 11.8. The topological polar surface area (TPSA) is 46.9 Å². The standard InChI is InChI=1S/C17H18ClN3O/c18-15-6-1-13(2-7-15)3-8-16(22)19-9-11-21-12-10-20-17(21)14-4-5-14/h1-3,6-8,10,12,14H,4-5,9,11H2,(H,19,22)/b8-3+. The fourth-order valence-electron chi connectivity index (χ4n) is 2.32. The summed E-state index contributed by atoms with van der Waals surface area (Å²) in [5, 5.41) is 3.58. The number of nitrogens with one attached hydrogen (secondary N) is 1. The van der Waals surface area contributed by atoms with Gasteiger partial charge in [-0.05, 0) is 36.6 Å². The smallest absolute Gasteiger partial charge is 0.244 e. The minimum atomic E-state index is -0.0944. The molecule has 2 aromatic rings. The van der Waals surface area contributed by atoms with Gasteiger partial charge in [0.2, 0.25) is 5.91 Å². The number of hydrogen-bond donors (Lipinski definition) is 1. The first kappa shape index (κ1) is 14.9. The second kappa shape index (κ2) is 6.79. The van der Waals surface area contributed by atoms with Gasteiger partial charge in [0.1, 0.15) is 5.82 Å². The molecule has 1 amide bonds. The van der Waals surface area contributed by atoms with Crippen LogP contribution >= 0.6 is 11.6 Å². The van der Waals surface area contributed by atoms with Crippen LogP contribution in [0.25, 0.3) is 6.08 Å². The lowest BCUT2D eigenvalue weighted by molar-refractivity contribution is -0.116. The van der Waals surface area contributed by atoms with Crippen molar-refractivity contribution in [3.63, 3.8) is 0 Å². The Kier molecular flexibility index (Phi) is 4.59. The second-order valence-corrected chi connectivity index (χ2v) is 5.87. The van der Waals surface area contributed by atoms with Gasteiger partial charge in [-0.1, -0.05) is 23.7 Å². The highest BCUT2D eigenvalue weighted by atomic mass is 35.5. The molecule has 0 unspecified atom stereocenters. The molecule has 1 N–H and O–H groups in total. The van der Waals surface area contributed by atoms with E-state index in [1.165, 1.54) is 12.8 Å². The lowest BCUT2D eigenvalue weighted by Crippen LogP contribution is -2.25. The summed E-state index contributed by atoms with van der Waals surface area (Å²) in [4.78, 5) is 16.2. The average Bonchev–Trinajstić information content (AvgIpc) is 3.26. The maximum atomic E-state index is 11.8. The van der Waals surface area contributed by atoms with Crippen LogP contribution in [0.3, 0.4) is 0 Å². The van der Waals surface area contributed by atoms with E-state index in [1.807, 2.05) is 24.5 Å². The fraction of sp³-hybridized carbons (Fsp3) is 0.294. The number of carbonyl (C=O) groups is 1. The monoisotopic (exact) mass is 315 g/mol. The zero-order chi connectivity index (χ0) is 15.4. The van der Waals surface area contributed by atoms with E-state index in [-0.39, 0.29) is 5.91 Å². The normalized spacial score (nSPS) is 14.4. The Balaban J connectivity index is 1.46. The largest absolute Gasteiger partial charge is 0.351 e. The molecular weight excluding hydrogens is 298 g/mol. The summed E-state index contributed by atoms with van der Waals surface area (Å²) in [6.45, 7) is 1.35. The molecule has 22 heavy (non-hydrogen) atoms. The number of halogens is 1. The molecule has 0 atom stereocenters. The highest BCUT2D eigenvalue weighted by molar-refractivity contribution is 6.30. The Labute approximate surface area is 134 Å². The summed E-state index contributed by atoms with van der Waals surface area (Å²) in [7, 11) is 0. The van der Waals surface area contributed by atoms with Crippen LogP contribution in [0.5, 0.6) is 0 Å². The Bertz CT molecular complexity index is 671.